The van der Waals surface area contributed by atoms with Crippen LogP contribution in [0.15, 0.2) is 37.6 Å². The van der Waals surface area contributed by atoms with Gasteiger partial charge in [0.25, 0.3) is 0 Å². The molecule has 0 saturated heterocycles. The van der Waals surface area contributed by atoms with Gasteiger partial charge in [0.1, 0.15) is 42.8 Å². The molecular formula is C44H66N18O14. The standard InChI is InChI=1S/C44H66N18O14/c1-21(2)36(46)43(75)61-30(17-63)41(73)52-14-33(66)58-27(7-23-10-47-18-54-23)38(70)50-13-32(65)57-26(5-6-31(45)64)42(74)59-28(8-24-11-48-19-55-24)39(71)51-15-34(67)62-37(22(3)4)44(76)60-29(9-25-12-49-20-56-25)40(72)53-16-35(68)69/h10-12,18-22,26-30,36-37,63H,5-9,13-17,46H2,1-4H3,(H2,45,64)(H,47,54)(H,48,55)(H,49,56)(H,50,70)(H,51,71)(H,52,73)(H,53,72)(H,57,65)(H,58,66)(H,59,74)(H,60,76)(H,61,75)(H,62,67)(H,68,69)/t26-,27-,28-,29-,30-,36-,37-/m0/s1. The quantitative estimate of drug-likeness (QED) is 0.0269. The number of rotatable bonds is 33. The van der Waals surface area contributed by atoms with Crippen molar-refractivity contribution in [1.82, 2.24) is 83.1 Å². The van der Waals surface area contributed by atoms with Crippen LogP contribution in [0.2, 0.25) is 0 Å². The topological polar surface area (TPSA) is 504 Å². The number of hydrogen-bond acceptors (Lipinski definition) is 17. The van der Waals surface area contributed by atoms with Gasteiger partial charge in [0.05, 0.1) is 51.3 Å². The molecular weight excluding hydrogens is 1000 g/mol. The maximum absolute atomic E-state index is 13.8. The van der Waals surface area contributed by atoms with Crippen molar-refractivity contribution in [1.29, 1.82) is 0 Å². The number of nitrogens with one attached hydrogen (secondary N) is 13. The van der Waals surface area contributed by atoms with Crippen molar-refractivity contribution in [2.75, 3.05) is 32.8 Å². The Hall–Kier alpha value is -8.81. The Morgan fingerprint density at radius 3 is 1.26 bits per heavy atom. The van der Waals surface area contributed by atoms with Crippen LogP contribution in [0.3, 0.4) is 0 Å². The molecule has 0 unspecified atom stereocenters. The lowest BCUT2D eigenvalue weighted by molar-refractivity contribution is -0.138. The van der Waals surface area contributed by atoms with E-state index in [9.17, 15) is 62.6 Å². The molecule has 0 aliphatic heterocycles. The van der Waals surface area contributed by atoms with Gasteiger partial charge in [-0.05, 0) is 18.3 Å². The molecule has 0 aliphatic carbocycles. The zero-order valence-corrected chi connectivity index (χ0v) is 42.0. The molecule has 3 aromatic rings. The first-order valence-electron chi connectivity index (χ1n) is 23.7. The predicted molar refractivity (Wildman–Crippen MR) is 261 cm³/mol. The highest BCUT2D eigenvalue weighted by Crippen LogP contribution is 2.07. The highest BCUT2D eigenvalue weighted by atomic mass is 16.4. The summed E-state index contributed by atoms with van der Waals surface area (Å²) in [6.45, 7) is 2.73. The smallest absolute Gasteiger partial charge is 0.322 e. The fourth-order valence-corrected chi connectivity index (χ4v) is 6.74. The van der Waals surface area contributed by atoms with Crippen LogP contribution in [0.4, 0.5) is 0 Å². The van der Waals surface area contributed by atoms with E-state index in [-0.39, 0.29) is 31.6 Å². The lowest BCUT2D eigenvalue weighted by Crippen LogP contribution is -2.58. The number of carbonyl (C=O) groups excluding carboxylic acids is 11. The summed E-state index contributed by atoms with van der Waals surface area (Å²) in [5.41, 5.74) is 12.3. The zero-order chi connectivity index (χ0) is 56.5. The van der Waals surface area contributed by atoms with Crippen LogP contribution in [-0.4, -0.2) is 186 Å². The number of aromatic amines is 3. The van der Waals surface area contributed by atoms with Crippen LogP contribution in [-0.2, 0) is 76.8 Å². The zero-order valence-electron chi connectivity index (χ0n) is 42.0. The third kappa shape index (κ3) is 21.7. The number of carboxylic acid groups (broad SMARTS) is 1. The molecule has 0 aliphatic rings. The lowest BCUT2D eigenvalue weighted by atomic mass is 10.0. The molecule has 0 aromatic carbocycles. The second-order valence-electron chi connectivity index (χ2n) is 17.8. The number of H-pyrrole nitrogens is 3. The minimum Gasteiger partial charge on any atom is -0.480 e. The van der Waals surface area contributed by atoms with Crippen molar-refractivity contribution in [3.63, 3.8) is 0 Å². The molecule has 0 saturated carbocycles. The van der Waals surface area contributed by atoms with Crippen molar-refractivity contribution >= 4 is 70.9 Å². The number of amides is 11. The number of imidazole rings is 3. The summed E-state index contributed by atoms with van der Waals surface area (Å²) in [7, 11) is 0. The van der Waals surface area contributed by atoms with Crippen molar-refractivity contribution in [3.8, 4) is 0 Å². The molecule has 0 radical (unpaired) electrons. The fraction of sp³-hybridized carbons (Fsp3) is 0.523. The van der Waals surface area contributed by atoms with E-state index in [1.165, 1.54) is 37.6 Å². The van der Waals surface area contributed by atoms with Crippen molar-refractivity contribution < 1.29 is 67.7 Å². The molecule has 32 heteroatoms. The number of carboxylic acids is 1. The van der Waals surface area contributed by atoms with Crippen molar-refractivity contribution in [2.45, 2.75) is 102 Å². The molecule has 11 amide bonds. The summed E-state index contributed by atoms with van der Waals surface area (Å²) in [6.07, 6.45) is 6.65. The Morgan fingerprint density at radius 1 is 0.500 bits per heavy atom. The van der Waals surface area contributed by atoms with Gasteiger partial charge in [0.15, 0.2) is 0 Å². The predicted octanol–water partition coefficient (Wildman–Crippen LogP) is -7.76. The van der Waals surface area contributed by atoms with Gasteiger partial charge in [0, 0.05) is 61.4 Å². The third-order valence-corrected chi connectivity index (χ3v) is 11.0. The van der Waals surface area contributed by atoms with E-state index in [2.05, 4.69) is 83.1 Å². The summed E-state index contributed by atoms with van der Waals surface area (Å²) in [5.74, 6) is -11.9. The number of aromatic nitrogens is 6. The highest BCUT2D eigenvalue weighted by Gasteiger charge is 2.32. The minimum absolute atomic E-state index is 0.117. The first-order valence-corrected chi connectivity index (χ1v) is 23.7. The van der Waals surface area contributed by atoms with Crippen LogP contribution in [0, 0.1) is 11.8 Å². The van der Waals surface area contributed by atoms with Crippen LogP contribution in [0.5, 0.6) is 0 Å². The second-order valence-corrected chi connectivity index (χ2v) is 17.8. The maximum Gasteiger partial charge on any atom is 0.322 e. The first-order chi connectivity index (χ1) is 36.0. The molecule has 3 heterocycles. The Kier molecular flexibility index (Phi) is 25.1. The Morgan fingerprint density at radius 2 is 0.882 bits per heavy atom. The largest absolute Gasteiger partial charge is 0.480 e. The van der Waals surface area contributed by atoms with E-state index in [1.807, 2.05) is 0 Å². The molecule has 7 atom stereocenters. The number of aliphatic hydroxyl groups excluding tert-OH is 1. The van der Waals surface area contributed by atoms with E-state index in [0.29, 0.717) is 17.1 Å². The molecule has 32 nitrogen and oxygen atoms in total. The molecule has 3 rings (SSSR count). The van der Waals surface area contributed by atoms with Crippen molar-refractivity contribution in [3.05, 3.63) is 54.7 Å². The van der Waals surface area contributed by atoms with Crippen LogP contribution in [0.1, 0.15) is 57.6 Å². The molecule has 0 bridgehead atoms. The summed E-state index contributed by atoms with van der Waals surface area (Å²) >= 11 is 0. The summed E-state index contributed by atoms with van der Waals surface area (Å²) in [4.78, 5) is 175. The van der Waals surface area contributed by atoms with E-state index in [0.717, 1.165) is 0 Å². The average Bonchev–Trinajstić information content (AvgIpc) is 4.20. The average molecular weight is 1070 g/mol. The van der Waals surface area contributed by atoms with E-state index < -0.39 is 158 Å². The number of hydrogen-bond donors (Lipinski definition) is 17. The SMILES string of the molecule is CC(C)[C@H](N)C(=O)N[C@@H](CO)C(=O)NCC(=O)N[C@@H](Cc1cnc[nH]1)C(=O)NCC(=O)N[C@@H](CCC(N)=O)C(=O)N[C@@H](Cc1cnc[nH]1)C(=O)NCC(=O)N[C@H](C(=O)N[C@@H](Cc1cnc[nH]1)C(=O)NCC(=O)O)C(C)C. The fourth-order valence-electron chi connectivity index (χ4n) is 6.74. The van der Waals surface area contributed by atoms with E-state index >= 15 is 0 Å². The van der Waals surface area contributed by atoms with Crippen LogP contribution >= 0.6 is 0 Å². The number of aliphatic hydroxyl groups is 1. The molecule has 76 heavy (non-hydrogen) atoms. The van der Waals surface area contributed by atoms with Gasteiger partial charge in [-0.2, -0.15) is 0 Å². The highest BCUT2D eigenvalue weighted by molar-refractivity contribution is 5.97. The number of nitrogens with zero attached hydrogens (tertiary/aromatic N) is 3. The van der Waals surface area contributed by atoms with Gasteiger partial charge in [-0.25, -0.2) is 15.0 Å². The van der Waals surface area contributed by atoms with E-state index in [1.54, 1.807) is 27.7 Å². The Bertz CT molecular complexity index is 2450. The van der Waals surface area contributed by atoms with Crippen molar-refractivity contribution in [2.24, 2.45) is 23.3 Å². The van der Waals surface area contributed by atoms with E-state index in [4.69, 9.17) is 16.6 Å². The number of aliphatic carboxylic acids is 1. The van der Waals surface area contributed by atoms with Crippen LogP contribution in [0.25, 0.3) is 0 Å². The lowest BCUT2D eigenvalue weighted by Gasteiger charge is -2.25. The maximum atomic E-state index is 13.8. The third-order valence-electron chi connectivity index (χ3n) is 11.0. The van der Waals surface area contributed by atoms with Gasteiger partial charge < -0.3 is 89.8 Å². The minimum atomic E-state index is -1.55. The summed E-state index contributed by atoms with van der Waals surface area (Å²) in [6, 6.07) is -9.42. The molecule has 0 spiro atoms. The number of carbonyl (C=O) groups is 12. The van der Waals surface area contributed by atoms with Gasteiger partial charge in [0.2, 0.25) is 65.0 Å². The van der Waals surface area contributed by atoms with Gasteiger partial charge in [-0.3, -0.25) is 57.5 Å². The summed E-state index contributed by atoms with van der Waals surface area (Å²) in [5, 5.41) is 42.4. The number of primary amides is 1. The second kappa shape index (κ2) is 31.0. The van der Waals surface area contributed by atoms with Gasteiger partial charge >= 0.3 is 5.97 Å². The molecule has 0 fully saturated rings. The van der Waals surface area contributed by atoms with Gasteiger partial charge in [-0.15, -0.1) is 0 Å². The first kappa shape index (κ1) is 61.5. The molecule has 416 valence electrons. The Balaban J connectivity index is 1.67. The normalized spacial score (nSPS) is 13.7. The van der Waals surface area contributed by atoms with Gasteiger partial charge in [-0.1, -0.05) is 27.7 Å². The monoisotopic (exact) mass is 1070 g/mol. The molecule has 19 N–H and O–H groups in total. The van der Waals surface area contributed by atoms with Crippen LogP contribution < -0.4 is 64.6 Å². The summed E-state index contributed by atoms with van der Waals surface area (Å²) < 4.78 is 0. The Labute approximate surface area is 433 Å². The number of nitrogens with two attached hydrogens (primary N) is 2. The molecule has 3 aromatic heterocycles.